The van der Waals surface area contributed by atoms with E-state index < -0.39 is 53.0 Å². The van der Waals surface area contributed by atoms with Crippen LogP contribution in [0.4, 0.5) is 9.93 Å². The summed E-state index contributed by atoms with van der Waals surface area (Å²) in [5.74, 6) is 0.0889. The third kappa shape index (κ3) is 10.1. The number of hydrogen-bond acceptors (Lipinski definition) is 14. The average Bonchev–Trinajstić information content (AvgIpc) is 3.92. The number of nitrogens with one attached hydrogen (secondary N) is 3. The number of esters is 1. The van der Waals surface area contributed by atoms with Crippen LogP contribution >= 0.6 is 22.9 Å². The first kappa shape index (κ1) is 47.8. The molecule has 2 aliphatic heterocycles. The molecule has 5 aliphatic rings. The first-order chi connectivity index (χ1) is 31.3. The van der Waals surface area contributed by atoms with E-state index in [2.05, 4.69) is 41.3 Å². The number of carbonyl (C=O) groups is 4. The molecule has 0 spiro atoms. The standard InChI is InChI=1S/C48H64ClN7O9S/c1-10-29-22-48(29,43(59)61-9)54-41(57)35-20-31(23-56(35)42(58)40(46(4,5)6)53-45(60)65-30-18-27-17-28(27)19-30)64-37-21-33(34-24-66-44(52-34)50-26(2)3)51-39-32(37)11-12-36(38(39)49)63-16-14-55-13-15-62-25-47(55,7)8/h10-12,21,24,26-31,35,40H,1,13-20,22-23,25H2,2-9H3,(H,50,52)(H,53,60)(H,54,57)/t27-,28+,29-,30?,31-,35+,40-,48?/m1/s1. The monoisotopic (exact) mass is 949 g/mol. The number of morpholine rings is 1. The number of nitrogens with zero attached hydrogens (tertiary/aromatic N) is 4. The van der Waals surface area contributed by atoms with E-state index in [4.69, 9.17) is 45.3 Å². The Labute approximate surface area is 395 Å². The Kier molecular flexibility index (Phi) is 13.6. The highest BCUT2D eigenvalue weighted by Gasteiger charge is 2.62. The first-order valence-electron chi connectivity index (χ1n) is 23.1. The number of anilines is 1. The quantitative estimate of drug-likeness (QED) is 0.100. The molecule has 8 atom stereocenters. The van der Waals surface area contributed by atoms with Crippen molar-refractivity contribution in [3.05, 3.63) is 41.3 Å². The van der Waals surface area contributed by atoms with Crippen molar-refractivity contribution in [2.45, 2.75) is 122 Å². The van der Waals surface area contributed by atoms with Crippen LogP contribution in [0.3, 0.4) is 0 Å². The summed E-state index contributed by atoms with van der Waals surface area (Å²) in [5, 5.41) is 12.7. The van der Waals surface area contributed by atoms with Gasteiger partial charge in [-0.05, 0) is 82.8 Å². The molecule has 0 radical (unpaired) electrons. The minimum Gasteiger partial charge on any atom is -0.491 e. The van der Waals surface area contributed by atoms with Gasteiger partial charge in [-0.2, -0.15) is 0 Å². The van der Waals surface area contributed by atoms with Crippen LogP contribution in [0, 0.1) is 23.2 Å². The summed E-state index contributed by atoms with van der Waals surface area (Å²) >= 11 is 8.63. The summed E-state index contributed by atoms with van der Waals surface area (Å²) in [6.45, 7) is 20.9. The Balaban J connectivity index is 1.10. The number of pyridine rings is 1. The van der Waals surface area contributed by atoms with Crippen molar-refractivity contribution >= 4 is 62.8 Å². The minimum absolute atomic E-state index is 0.0204. The number of fused-ring (bicyclic) bond motifs is 2. The summed E-state index contributed by atoms with van der Waals surface area (Å²) in [7, 11) is 1.27. The molecule has 8 rings (SSSR count). The highest BCUT2D eigenvalue weighted by atomic mass is 35.5. The summed E-state index contributed by atoms with van der Waals surface area (Å²) in [4.78, 5) is 69.6. The van der Waals surface area contributed by atoms with Crippen LogP contribution in [0.1, 0.15) is 80.6 Å². The smallest absolute Gasteiger partial charge is 0.408 e. The van der Waals surface area contributed by atoms with Crippen LogP contribution in [0.2, 0.25) is 5.02 Å². The molecule has 1 aromatic carbocycles. The first-order valence-corrected chi connectivity index (χ1v) is 24.3. The second-order valence-electron chi connectivity index (χ2n) is 20.5. The maximum absolute atomic E-state index is 14.9. The van der Waals surface area contributed by atoms with E-state index in [0.717, 1.165) is 24.5 Å². The number of alkyl carbamates (subject to hydrolysis) is 1. The van der Waals surface area contributed by atoms with Gasteiger partial charge in [0.25, 0.3) is 0 Å². The molecule has 5 fully saturated rings. The van der Waals surface area contributed by atoms with Crippen molar-refractivity contribution < 1.29 is 42.9 Å². The lowest BCUT2D eigenvalue weighted by Gasteiger charge is -2.41. The van der Waals surface area contributed by atoms with Gasteiger partial charge in [-0.15, -0.1) is 17.9 Å². The van der Waals surface area contributed by atoms with Gasteiger partial charge >= 0.3 is 12.1 Å². The van der Waals surface area contributed by atoms with Crippen molar-refractivity contribution in [3.8, 4) is 22.9 Å². The number of likely N-dealkylation sites (tertiary alicyclic amines) is 1. The van der Waals surface area contributed by atoms with E-state index in [1.54, 1.807) is 18.2 Å². The largest absolute Gasteiger partial charge is 0.491 e. The predicted molar refractivity (Wildman–Crippen MR) is 252 cm³/mol. The van der Waals surface area contributed by atoms with E-state index in [9.17, 15) is 19.2 Å². The van der Waals surface area contributed by atoms with Crippen LogP contribution in [0.5, 0.6) is 11.5 Å². The third-order valence-corrected chi connectivity index (χ3v) is 14.8. The van der Waals surface area contributed by atoms with Crippen LogP contribution in [0.25, 0.3) is 22.3 Å². The Morgan fingerprint density at radius 1 is 1.06 bits per heavy atom. The molecule has 2 saturated heterocycles. The lowest BCUT2D eigenvalue weighted by atomic mass is 9.85. The van der Waals surface area contributed by atoms with E-state index in [0.29, 0.717) is 83.4 Å². The molecular formula is C48H64ClN7O9S. The molecule has 3 N–H and O–H groups in total. The lowest BCUT2D eigenvalue weighted by molar-refractivity contribution is -0.148. The highest BCUT2D eigenvalue weighted by molar-refractivity contribution is 7.14. The van der Waals surface area contributed by atoms with Crippen molar-refractivity contribution in [3.63, 3.8) is 0 Å². The molecule has 0 bridgehead atoms. The maximum Gasteiger partial charge on any atom is 0.408 e. The van der Waals surface area contributed by atoms with E-state index in [-0.39, 0.29) is 36.6 Å². The summed E-state index contributed by atoms with van der Waals surface area (Å²) in [6.07, 6.45) is 3.20. The van der Waals surface area contributed by atoms with Gasteiger partial charge in [0.05, 0.1) is 38.1 Å². The molecule has 358 valence electrons. The Bertz CT molecular complexity index is 2340. The molecule has 3 amide bonds. The van der Waals surface area contributed by atoms with Crippen LogP contribution in [-0.4, -0.2) is 132 Å². The number of hydrogen-bond donors (Lipinski definition) is 3. The van der Waals surface area contributed by atoms with Crippen LogP contribution in [0.15, 0.2) is 36.2 Å². The lowest BCUT2D eigenvalue weighted by Crippen LogP contribution is -2.59. The van der Waals surface area contributed by atoms with Gasteiger partial charge in [-0.1, -0.05) is 38.4 Å². The van der Waals surface area contributed by atoms with Crippen molar-refractivity contribution in [2.75, 3.05) is 51.9 Å². The fraction of sp³-hybridized carbons (Fsp3) is 0.625. The number of amides is 3. The molecule has 4 heterocycles. The number of carbonyl (C=O) groups excluding carboxylic acids is 4. The normalized spacial score (nSPS) is 27.2. The number of halogens is 1. The van der Waals surface area contributed by atoms with Gasteiger partial charge in [0.15, 0.2) is 5.13 Å². The number of ether oxygens (including phenoxy) is 5. The molecular weight excluding hydrogens is 886 g/mol. The highest BCUT2D eigenvalue weighted by Crippen LogP contribution is 2.52. The van der Waals surface area contributed by atoms with Gasteiger partial charge in [0, 0.05) is 53.8 Å². The zero-order valence-electron chi connectivity index (χ0n) is 39.2. The van der Waals surface area contributed by atoms with Gasteiger partial charge in [0.2, 0.25) is 11.8 Å². The summed E-state index contributed by atoms with van der Waals surface area (Å²) < 4.78 is 29.8. The fourth-order valence-electron chi connectivity index (χ4n) is 9.74. The van der Waals surface area contributed by atoms with Crippen molar-refractivity contribution in [2.24, 2.45) is 23.2 Å². The molecule has 2 aromatic heterocycles. The number of benzene rings is 1. The second kappa shape index (κ2) is 18.8. The topological polar surface area (TPSA) is 183 Å². The van der Waals surface area contributed by atoms with Gasteiger partial charge < -0.3 is 44.5 Å². The Morgan fingerprint density at radius 2 is 1.82 bits per heavy atom. The van der Waals surface area contributed by atoms with E-state index >= 15 is 0 Å². The molecule has 3 saturated carbocycles. The number of thiazole rings is 1. The number of aromatic nitrogens is 2. The summed E-state index contributed by atoms with van der Waals surface area (Å²) in [5.41, 5.74) is -0.695. The molecule has 66 heavy (non-hydrogen) atoms. The Morgan fingerprint density at radius 3 is 2.48 bits per heavy atom. The second-order valence-corrected chi connectivity index (χ2v) is 21.7. The molecule has 18 heteroatoms. The molecule has 3 aromatic rings. The maximum atomic E-state index is 14.9. The molecule has 2 unspecified atom stereocenters. The number of methoxy groups -OCH3 is 1. The van der Waals surface area contributed by atoms with Crippen molar-refractivity contribution in [1.29, 1.82) is 0 Å². The zero-order valence-corrected chi connectivity index (χ0v) is 40.8. The van der Waals surface area contributed by atoms with Gasteiger partial charge in [-0.3, -0.25) is 14.5 Å². The van der Waals surface area contributed by atoms with E-state index in [1.165, 1.54) is 29.8 Å². The van der Waals surface area contributed by atoms with Crippen LogP contribution < -0.4 is 25.4 Å². The molecule has 16 nitrogen and oxygen atoms in total. The Hall–Kier alpha value is -4.71. The SMILES string of the molecule is C=C[C@@H]1CC1(NC(=O)[C@@H]1C[C@@H](Oc2cc(-c3csc(NC(C)C)n3)nc3c(Cl)c(OCCN4CCOCC4(C)C)ccc23)CN1C(=O)[C@@H](NC(=O)OC1C[C@@H]2C[C@@H]2C1)C(C)(C)C)C(=O)OC. The molecule has 3 aliphatic carbocycles. The predicted octanol–water partition coefficient (Wildman–Crippen LogP) is 6.84. The van der Waals surface area contributed by atoms with E-state index in [1.807, 2.05) is 46.1 Å². The fourth-order valence-corrected chi connectivity index (χ4v) is 10.9. The third-order valence-electron chi connectivity index (χ3n) is 13.6. The zero-order chi connectivity index (χ0) is 47.3. The van der Waals surface area contributed by atoms with Crippen LogP contribution in [-0.2, 0) is 28.6 Å². The summed E-state index contributed by atoms with van der Waals surface area (Å²) in [6, 6.07) is 3.44. The van der Waals surface area contributed by atoms with Gasteiger partial charge in [0.1, 0.15) is 58.7 Å². The number of rotatable bonds is 16. The van der Waals surface area contributed by atoms with Gasteiger partial charge in [-0.25, -0.2) is 19.6 Å². The average molecular weight is 951 g/mol. The van der Waals surface area contributed by atoms with Crippen molar-refractivity contribution in [1.82, 2.24) is 30.4 Å². The minimum atomic E-state index is -1.31.